The van der Waals surface area contributed by atoms with Gasteiger partial charge in [0.25, 0.3) is 5.56 Å². The van der Waals surface area contributed by atoms with Crippen molar-refractivity contribution >= 4 is 22.8 Å². The summed E-state index contributed by atoms with van der Waals surface area (Å²) in [4.78, 5) is 33.6. The Hall–Kier alpha value is -3.61. The highest BCUT2D eigenvalue weighted by Crippen LogP contribution is 2.32. The first kappa shape index (κ1) is 20.3. The van der Waals surface area contributed by atoms with E-state index in [9.17, 15) is 9.59 Å². The monoisotopic (exact) mass is 429 g/mol. The van der Waals surface area contributed by atoms with Gasteiger partial charge in [-0.3, -0.25) is 13.9 Å². The van der Waals surface area contributed by atoms with E-state index in [1.54, 1.807) is 7.05 Å². The maximum atomic E-state index is 13.5. The third-order valence-corrected chi connectivity index (χ3v) is 6.16. The van der Waals surface area contributed by atoms with Gasteiger partial charge in [-0.25, -0.2) is 4.79 Å². The Morgan fingerprint density at radius 2 is 1.69 bits per heavy atom. The molecule has 0 unspecified atom stereocenters. The fraction of sp³-hybridized carbons (Fsp3) is 0.320. The normalized spacial score (nSPS) is 13.6. The van der Waals surface area contributed by atoms with Gasteiger partial charge in [-0.15, -0.1) is 0 Å². The number of aromatic nitrogens is 4. The van der Waals surface area contributed by atoms with E-state index in [4.69, 9.17) is 4.98 Å². The minimum Gasteiger partial charge on any atom is -0.312 e. The third kappa shape index (κ3) is 3.25. The summed E-state index contributed by atoms with van der Waals surface area (Å²) in [6, 6.07) is 14.3. The SMILES string of the molecule is Cc1cccc(Cn2c(=O)c3c(nc4n3CCCN4c3cc(C)cc(C)c3)n(C)c2=O)c1. The lowest BCUT2D eigenvalue weighted by atomic mass is 10.1. The Morgan fingerprint density at radius 1 is 0.938 bits per heavy atom. The summed E-state index contributed by atoms with van der Waals surface area (Å²) < 4.78 is 4.80. The van der Waals surface area contributed by atoms with Crippen LogP contribution in [0.4, 0.5) is 11.6 Å². The molecule has 7 nitrogen and oxygen atoms in total. The van der Waals surface area contributed by atoms with Crippen molar-refractivity contribution in [1.82, 2.24) is 18.7 Å². The van der Waals surface area contributed by atoms with Crippen LogP contribution in [0.2, 0.25) is 0 Å². The van der Waals surface area contributed by atoms with Crippen molar-refractivity contribution in [2.45, 2.75) is 40.3 Å². The first-order valence-corrected chi connectivity index (χ1v) is 10.9. The number of imidazole rings is 1. The fourth-order valence-electron chi connectivity index (χ4n) is 4.75. The van der Waals surface area contributed by atoms with E-state index < -0.39 is 0 Å². The number of rotatable bonds is 3. The van der Waals surface area contributed by atoms with Crippen LogP contribution in [0, 0.1) is 20.8 Å². The molecule has 0 atom stereocenters. The highest BCUT2D eigenvalue weighted by atomic mass is 16.2. The van der Waals surface area contributed by atoms with Crippen molar-refractivity contribution in [3.05, 3.63) is 85.6 Å². The van der Waals surface area contributed by atoms with Crippen LogP contribution in [-0.2, 0) is 20.1 Å². The van der Waals surface area contributed by atoms with Gasteiger partial charge in [-0.05, 0) is 56.0 Å². The Bertz CT molecular complexity index is 1450. The lowest BCUT2D eigenvalue weighted by molar-refractivity contribution is 0.597. The number of nitrogens with zero attached hydrogens (tertiary/aromatic N) is 5. The zero-order valence-corrected chi connectivity index (χ0v) is 18.9. The molecule has 164 valence electrons. The van der Waals surface area contributed by atoms with E-state index in [2.05, 4.69) is 36.9 Å². The summed E-state index contributed by atoms with van der Waals surface area (Å²) in [7, 11) is 1.69. The summed E-state index contributed by atoms with van der Waals surface area (Å²) in [5, 5.41) is 0. The Kier molecular flexibility index (Phi) is 4.77. The quantitative estimate of drug-likeness (QED) is 0.501. The molecule has 5 rings (SSSR count). The zero-order valence-electron chi connectivity index (χ0n) is 18.9. The van der Waals surface area contributed by atoms with Crippen LogP contribution in [0.25, 0.3) is 11.2 Å². The van der Waals surface area contributed by atoms with Crippen LogP contribution in [0.15, 0.2) is 52.1 Å². The zero-order chi connectivity index (χ0) is 22.6. The maximum Gasteiger partial charge on any atom is 0.332 e. The molecule has 0 N–H and O–H groups in total. The molecule has 0 radical (unpaired) electrons. The predicted octanol–water partition coefficient (Wildman–Crippen LogP) is 3.41. The number of aryl methyl sites for hydroxylation is 5. The lowest BCUT2D eigenvalue weighted by Crippen LogP contribution is -2.40. The van der Waals surface area contributed by atoms with Crippen LogP contribution in [0.5, 0.6) is 0 Å². The van der Waals surface area contributed by atoms with E-state index >= 15 is 0 Å². The molecular weight excluding hydrogens is 402 g/mol. The largest absolute Gasteiger partial charge is 0.332 e. The number of benzene rings is 2. The molecule has 0 amide bonds. The average Bonchev–Trinajstić information content (AvgIpc) is 3.14. The van der Waals surface area contributed by atoms with Crippen molar-refractivity contribution in [2.75, 3.05) is 11.4 Å². The molecule has 0 spiro atoms. The summed E-state index contributed by atoms with van der Waals surface area (Å²) in [5.74, 6) is 0.719. The number of anilines is 2. The molecule has 1 aliphatic heterocycles. The molecule has 2 aromatic heterocycles. The number of hydrogen-bond donors (Lipinski definition) is 0. The molecular formula is C25H27N5O2. The van der Waals surface area contributed by atoms with E-state index in [1.807, 2.05) is 35.8 Å². The molecule has 2 aromatic carbocycles. The minimum absolute atomic E-state index is 0.241. The smallest absolute Gasteiger partial charge is 0.312 e. The van der Waals surface area contributed by atoms with Crippen molar-refractivity contribution in [1.29, 1.82) is 0 Å². The second kappa shape index (κ2) is 7.51. The third-order valence-electron chi connectivity index (χ3n) is 6.16. The van der Waals surface area contributed by atoms with E-state index in [0.29, 0.717) is 17.7 Å². The van der Waals surface area contributed by atoms with Crippen LogP contribution in [0.3, 0.4) is 0 Å². The molecule has 3 heterocycles. The van der Waals surface area contributed by atoms with Gasteiger partial charge in [0.2, 0.25) is 5.95 Å². The van der Waals surface area contributed by atoms with Crippen LogP contribution >= 0.6 is 0 Å². The van der Waals surface area contributed by atoms with Gasteiger partial charge >= 0.3 is 5.69 Å². The molecule has 0 fully saturated rings. The van der Waals surface area contributed by atoms with Crippen molar-refractivity contribution in [3.8, 4) is 0 Å². The predicted molar refractivity (Wildman–Crippen MR) is 127 cm³/mol. The highest BCUT2D eigenvalue weighted by molar-refractivity contribution is 5.77. The second-order valence-electron chi connectivity index (χ2n) is 8.81. The Balaban J connectivity index is 1.71. The molecule has 0 saturated heterocycles. The van der Waals surface area contributed by atoms with Crippen LogP contribution in [0.1, 0.15) is 28.7 Å². The minimum atomic E-state index is -0.350. The van der Waals surface area contributed by atoms with E-state index in [-0.39, 0.29) is 17.8 Å². The molecule has 1 aliphatic rings. The second-order valence-corrected chi connectivity index (χ2v) is 8.81. The molecule has 0 bridgehead atoms. The standard InChI is InChI=1S/C25H27N5O2/c1-16-7-5-8-19(12-16)15-30-23(31)21-22(27(4)25(30)32)26-24-28(9-6-10-29(21)24)20-13-17(2)11-18(3)14-20/h5,7-8,11-14H,6,9-10,15H2,1-4H3. The summed E-state index contributed by atoms with van der Waals surface area (Å²) >= 11 is 0. The first-order chi connectivity index (χ1) is 15.3. The Morgan fingerprint density at radius 3 is 2.41 bits per heavy atom. The average molecular weight is 430 g/mol. The summed E-state index contributed by atoms with van der Waals surface area (Å²) in [6.07, 6.45) is 0.894. The maximum absolute atomic E-state index is 13.5. The summed E-state index contributed by atoms with van der Waals surface area (Å²) in [6.45, 7) is 7.92. The van der Waals surface area contributed by atoms with Gasteiger partial charge in [0.15, 0.2) is 11.2 Å². The van der Waals surface area contributed by atoms with Gasteiger partial charge in [0.05, 0.1) is 6.54 Å². The van der Waals surface area contributed by atoms with E-state index in [1.165, 1.54) is 20.3 Å². The summed E-state index contributed by atoms with van der Waals surface area (Å²) in [5.41, 5.74) is 5.74. The van der Waals surface area contributed by atoms with Crippen molar-refractivity contribution in [2.24, 2.45) is 7.05 Å². The fourth-order valence-corrected chi connectivity index (χ4v) is 4.75. The lowest BCUT2D eigenvalue weighted by Gasteiger charge is -2.29. The first-order valence-electron chi connectivity index (χ1n) is 10.9. The molecule has 0 aliphatic carbocycles. The van der Waals surface area contributed by atoms with E-state index in [0.717, 1.165) is 35.7 Å². The van der Waals surface area contributed by atoms with Crippen molar-refractivity contribution < 1.29 is 0 Å². The van der Waals surface area contributed by atoms with Gasteiger partial charge in [-0.1, -0.05) is 35.9 Å². The number of fused-ring (bicyclic) bond motifs is 3. The van der Waals surface area contributed by atoms with Gasteiger partial charge in [0.1, 0.15) is 0 Å². The topological polar surface area (TPSA) is 65.1 Å². The molecule has 7 heteroatoms. The molecule has 32 heavy (non-hydrogen) atoms. The van der Waals surface area contributed by atoms with Crippen LogP contribution < -0.4 is 16.1 Å². The Labute approximate surface area is 186 Å². The molecule has 4 aromatic rings. The van der Waals surface area contributed by atoms with Gasteiger partial charge in [0, 0.05) is 25.8 Å². The van der Waals surface area contributed by atoms with Crippen LogP contribution in [-0.4, -0.2) is 25.2 Å². The highest BCUT2D eigenvalue weighted by Gasteiger charge is 2.27. The van der Waals surface area contributed by atoms with Gasteiger partial charge in [-0.2, -0.15) is 4.98 Å². The number of hydrogen-bond acceptors (Lipinski definition) is 4. The molecule has 0 saturated carbocycles. The van der Waals surface area contributed by atoms with Crippen molar-refractivity contribution in [3.63, 3.8) is 0 Å². The van der Waals surface area contributed by atoms with Gasteiger partial charge < -0.3 is 9.47 Å².